The molecule has 0 atom stereocenters. The van der Waals surface area contributed by atoms with Gasteiger partial charge in [0.25, 0.3) is 0 Å². The Kier molecular flexibility index (Phi) is 3.35. The van der Waals surface area contributed by atoms with Crippen LogP contribution in [0, 0.1) is 6.92 Å². The highest BCUT2D eigenvalue weighted by molar-refractivity contribution is 7.80. The van der Waals surface area contributed by atoms with Crippen molar-refractivity contribution in [3.8, 4) is 17.0 Å². The van der Waals surface area contributed by atoms with Gasteiger partial charge in [0.2, 0.25) is 0 Å². The summed E-state index contributed by atoms with van der Waals surface area (Å²) in [5, 5.41) is 4.88. The predicted octanol–water partition coefficient (Wildman–Crippen LogP) is 3.35. The zero-order valence-corrected chi connectivity index (χ0v) is 11.5. The highest BCUT2D eigenvalue weighted by Crippen LogP contribution is 2.33. The smallest absolute Gasteiger partial charge is 0.140 e. The van der Waals surface area contributed by atoms with Crippen molar-refractivity contribution < 1.29 is 4.74 Å². The summed E-state index contributed by atoms with van der Waals surface area (Å²) in [4.78, 5) is 0.693. The van der Waals surface area contributed by atoms with Gasteiger partial charge in [-0.05, 0) is 30.7 Å². The summed E-state index contributed by atoms with van der Waals surface area (Å²) < 4.78 is 6.83. The van der Waals surface area contributed by atoms with Gasteiger partial charge in [-0.15, -0.1) is 12.6 Å². The van der Waals surface area contributed by atoms with E-state index in [9.17, 15) is 0 Å². The molecule has 0 aliphatic heterocycles. The van der Waals surface area contributed by atoms with Gasteiger partial charge in [0, 0.05) is 12.6 Å². The van der Waals surface area contributed by atoms with E-state index in [0.717, 1.165) is 22.6 Å². The van der Waals surface area contributed by atoms with Crippen LogP contribution in [0.5, 0.6) is 5.75 Å². The fraction of sp³-hybridized carbons (Fsp3) is 0.250. The molecule has 0 saturated heterocycles. The Morgan fingerprint density at radius 1 is 1.41 bits per heavy atom. The Bertz CT molecular complexity index is 566. The first-order valence-corrected chi connectivity index (χ1v) is 5.93. The summed E-state index contributed by atoms with van der Waals surface area (Å²) in [6, 6.07) is 5.88. The summed E-state index contributed by atoms with van der Waals surface area (Å²) in [5.74, 6) is 0.858. The number of aromatic nitrogens is 2. The fourth-order valence-corrected chi connectivity index (χ4v) is 2.16. The molecule has 0 amide bonds. The lowest BCUT2D eigenvalue weighted by Crippen LogP contribution is -1.91. The van der Waals surface area contributed by atoms with Crippen LogP contribution in [-0.2, 0) is 7.05 Å². The highest BCUT2D eigenvalue weighted by Gasteiger charge is 2.13. The second-order valence-corrected chi connectivity index (χ2v) is 4.60. The van der Waals surface area contributed by atoms with E-state index in [4.69, 9.17) is 16.3 Å². The quantitative estimate of drug-likeness (QED) is 0.846. The molecule has 1 aromatic heterocycles. The Labute approximate surface area is 111 Å². The molecule has 17 heavy (non-hydrogen) atoms. The number of ether oxygens (including phenoxy) is 1. The van der Waals surface area contributed by atoms with Crippen molar-refractivity contribution >= 4 is 24.2 Å². The lowest BCUT2D eigenvalue weighted by molar-refractivity contribution is 0.412. The molecule has 1 heterocycles. The maximum atomic E-state index is 6.05. The minimum atomic E-state index is 0.539. The third kappa shape index (κ3) is 2.15. The summed E-state index contributed by atoms with van der Waals surface area (Å²) in [6.45, 7) is 1.99. The van der Waals surface area contributed by atoms with Crippen molar-refractivity contribution in [3.63, 3.8) is 0 Å². The number of rotatable bonds is 2. The van der Waals surface area contributed by atoms with Crippen molar-refractivity contribution in [2.75, 3.05) is 7.11 Å². The summed E-state index contributed by atoms with van der Waals surface area (Å²) in [6.07, 6.45) is 0. The third-order valence-corrected chi connectivity index (χ3v) is 3.61. The van der Waals surface area contributed by atoms with E-state index in [-0.39, 0.29) is 0 Å². The number of methoxy groups -OCH3 is 1. The molecule has 2 rings (SSSR count). The van der Waals surface area contributed by atoms with Crippen LogP contribution in [0.4, 0.5) is 0 Å². The van der Waals surface area contributed by atoms with Crippen LogP contribution >= 0.6 is 24.2 Å². The minimum Gasteiger partial charge on any atom is -0.496 e. The van der Waals surface area contributed by atoms with Crippen molar-refractivity contribution in [3.05, 3.63) is 28.9 Å². The van der Waals surface area contributed by atoms with Gasteiger partial charge in [-0.2, -0.15) is 5.10 Å². The summed E-state index contributed by atoms with van der Waals surface area (Å²) in [7, 11) is 3.45. The molecule has 0 fully saturated rings. The number of benzene rings is 1. The number of halogens is 1. The molecule has 0 bridgehead atoms. The summed E-state index contributed by atoms with van der Waals surface area (Å²) in [5.41, 5.74) is 2.82. The number of thiol groups is 1. The van der Waals surface area contributed by atoms with Crippen LogP contribution in [0.3, 0.4) is 0 Å². The van der Waals surface area contributed by atoms with Crippen LogP contribution in [0.15, 0.2) is 23.1 Å². The first-order chi connectivity index (χ1) is 8.04. The molecule has 0 radical (unpaired) electrons. The molecule has 1 aromatic carbocycles. The van der Waals surface area contributed by atoms with Gasteiger partial charge >= 0.3 is 0 Å². The van der Waals surface area contributed by atoms with Crippen LogP contribution in [0.25, 0.3) is 11.3 Å². The average Bonchev–Trinajstić information content (AvgIpc) is 2.57. The van der Waals surface area contributed by atoms with Gasteiger partial charge in [0.1, 0.15) is 16.6 Å². The Morgan fingerprint density at radius 3 is 2.59 bits per heavy atom. The molecule has 90 valence electrons. The molecule has 0 aliphatic rings. The van der Waals surface area contributed by atoms with Crippen molar-refractivity contribution in [2.24, 2.45) is 7.05 Å². The van der Waals surface area contributed by atoms with E-state index in [1.165, 1.54) is 0 Å². The lowest BCUT2D eigenvalue weighted by Gasteiger charge is -2.06. The van der Waals surface area contributed by atoms with Crippen LogP contribution < -0.4 is 4.74 Å². The Hall–Kier alpha value is -1.13. The van der Waals surface area contributed by atoms with Crippen LogP contribution in [0.2, 0.25) is 5.15 Å². The van der Waals surface area contributed by atoms with Crippen molar-refractivity contribution in [1.82, 2.24) is 9.78 Å². The third-order valence-electron chi connectivity index (χ3n) is 2.62. The largest absolute Gasteiger partial charge is 0.496 e. The molecular formula is C12H13ClN2OS. The first kappa shape index (κ1) is 12.3. The standard InChI is InChI=1S/C12H13ClN2OS/c1-7-6-8(4-5-9(7)16-3)10-11(17)12(13)15(2)14-10/h4-6,17H,1-3H3. The maximum Gasteiger partial charge on any atom is 0.140 e. The summed E-state index contributed by atoms with van der Waals surface area (Å²) >= 11 is 10.4. The second-order valence-electron chi connectivity index (χ2n) is 3.80. The van der Waals surface area contributed by atoms with Crippen LogP contribution in [-0.4, -0.2) is 16.9 Å². The molecule has 0 N–H and O–H groups in total. The SMILES string of the molecule is COc1ccc(-c2nn(C)c(Cl)c2S)cc1C. The Balaban J connectivity index is 2.53. The van der Waals surface area contributed by atoms with E-state index >= 15 is 0 Å². The number of aryl methyl sites for hydroxylation is 2. The number of hydrogen-bond donors (Lipinski definition) is 1. The van der Waals surface area contributed by atoms with E-state index in [1.807, 2.05) is 25.1 Å². The molecule has 0 aliphatic carbocycles. The molecular weight excluding hydrogens is 256 g/mol. The zero-order valence-electron chi connectivity index (χ0n) is 9.86. The van der Waals surface area contributed by atoms with Gasteiger partial charge in [-0.1, -0.05) is 11.6 Å². The van der Waals surface area contributed by atoms with Gasteiger partial charge in [-0.25, -0.2) is 0 Å². The predicted molar refractivity (Wildman–Crippen MR) is 72.2 cm³/mol. The first-order valence-electron chi connectivity index (χ1n) is 5.11. The normalized spacial score (nSPS) is 10.6. The molecule has 5 heteroatoms. The zero-order chi connectivity index (χ0) is 12.6. The Morgan fingerprint density at radius 2 is 2.12 bits per heavy atom. The van der Waals surface area contributed by atoms with E-state index in [0.29, 0.717) is 10.0 Å². The van der Waals surface area contributed by atoms with Gasteiger partial charge < -0.3 is 4.74 Å². The van der Waals surface area contributed by atoms with Gasteiger partial charge in [0.05, 0.1) is 12.0 Å². The molecule has 2 aromatic rings. The number of hydrogen-bond acceptors (Lipinski definition) is 3. The van der Waals surface area contributed by atoms with E-state index < -0.39 is 0 Å². The minimum absolute atomic E-state index is 0.539. The monoisotopic (exact) mass is 268 g/mol. The maximum absolute atomic E-state index is 6.05. The fourth-order valence-electron chi connectivity index (χ4n) is 1.71. The molecule has 0 spiro atoms. The van der Waals surface area contributed by atoms with E-state index in [1.54, 1.807) is 18.8 Å². The average molecular weight is 269 g/mol. The molecule has 3 nitrogen and oxygen atoms in total. The van der Waals surface area contributed by atoms with Crippen molar-refractivity contribution in [1.29, 1.82) is 0 Å². The second kappa shape index (κ2) is 4.63. The van der Waals surface area contributed by atoms with Gasteiger partial charge in [-0.3, -0.25) is 4.68 Å². The topological polar surface area (TPSA) is 27.1 Å². The number of nitrogens with zero attached hydrogens (tertiary/aromatic N) is 2. The molecule has 0 saturated carbocycles. The lowest BCUT2D eigenvalue weighted by atomic mass is 10.1. The van der Waals surface area contributed by atoms with E-state index in [2.05, 4.69) is 17.7 Å². The van der Waals surface area contributed by atoms with Gasteiger partial charge in [0.15, 0.2) is 0 Å². The van der Waals surface area contributed by atoms with Crippen LogP contribution in [0.1, 0.15) is 5.56 Å². The van der Waals surface area contributed by atoms with Crippen molar-refractivity contribution in [2.45, 2.75) is 11.8 Å². The highest BCUT2D eigenvalue weighted by atomic mass is 35.5. The molecule has 0 unspecified atom stereocenters.